The number of carbonyl (C=O) groups excluding carboxylic acids is 1. The van der Waals surface area contributed by atoms with Crippen LogP contribution in [0.1, 0.15) is 19.8 Å². The lowest BCUT2D eigenvalue weighted by Gasteiger charge is -2.02. The lowest BCUT2D eigenvalue weighted by Crippen LogP contribution is -2.14. The number of amides is 1. The van der Waals surface area contributed by atoms with Crippen molar-refractivity contribution in [3.05, 3.63) is 18.2 Å². The van der Waals surface area contributed by atoms with Crippen molar-refractivity contribution in [1.82, 2.24) is 4.98 Å². The Morgan fingerprint density at radius 2 is 2.32 bits per heavy atom. The van der Waals surface area contributed by atoms with Gasteiger partial charge in [-0.3, -0.25) is 5.32 Å². The van der Waals surface area contributed by atoms with Gasteiger partial charge >= 0.3 is 6.09 Å². The molecule has 2 rings (SSSR count). The number of rotatable bonds is 5. The highest BCUT2D eigenvalue weighted by molar-refractivity contribution is 7.22. The zero-order valence-corrected chi connectivity index (χ0v) is 11.8. The van der Waals surface area contributed by atoms with Crippen molar-refractivity contribution in [3.63, 3.8) is 0 Å². The molecule has 5 nitrogen and oxygen atoms in total. The summed E-state index contributed by atoms with van der Waals surface area (Å²) in [7, 11) is 1.60. The van der Waals surface area contributed by atoms with E-state index in [2.05, 4.69) is 10.3 Å². The van der Waals surface area contributed by atoms with Gasteiger partial charge in [0.15, 0.2) is 5.13 Å². The molecule has 0 unspecified atom stereocenters. The fourth-order valence-corrected chi connectivity index (χ4v) is 2.44. The number of ether oxygens (including phenoxy) is 2. The van der Waals surface area contributed by atoms with Crippen LogP contribution in [-0.2, 0) is 4.74 Å². The molecule has 0 spiro atoms. The third-order valence-electron chi connectivity index (χ3n) is 2.54. The Hall–Kier alpha value is -1.82. The van der Waals surface area contributed by atoms with Gasteiger partial charge in [-0.2, -0.15) is 0 Å². The molecule has 0 bridgehead atoms. The molecule has 102 valence electrons. The molecule has 1 aromatic heterocycles. The summed E-state index contributed by atoms with van der Waals surface area (Å²) >= 11 is 1.39. The Labute approximate surface area is 115 Å². The highest BCUT2D eigenvalue weighted by Crippen LogP contribution is 2.31. The van der Waals surface area contributed by atoms with Crippen LogP contribution >= 0.6 is 11.3 Å². The quantitative estimate of drug-likeness (QED) is 0.849. The van der Waals surface area contributed by atoms with E-state index >= 15 is 0 Å². The molecular weight excluding hydrogens is 264 g/mol. The Balaban J connectivity index is 2.07. The Bertz CT molecular complexity index is 568. The molecule has 6 heteroatoms. The summed E-state index contributed by atoms with van der Waals surface area (Å²) in [4.78, 5) is 15.9. The predicted molar refractivity (Wildman–Crippen MR) is 76.1 cm³/mol. The molecule has 1 N–H and O–H groups in total. The Morgan fingerprint density at radius 3 is 3.05 bits per heavy atom. The van der Waals surface area contributed by atoms with Crippen LogP contribution in [0.2, 0.25) is 0 Å². The number of nitrogens with zero attached hydrogens (tertiary/aromatic N) is 1. The van der Waals surface area contributed by atoms with Crippen molar-refractivity contribution in [2.45, 2.75) is 19.8 Å². The standard InChI is InChI=1S/C13H16N2O3S/c1-3-4-8-18-13(16)15-12-14-11-9(17-2)6-5-7-10(11)19-12/h5-7H,3-4,8H2,1-2H3,(H,14,15,16). The molecule has 0 aliphatic rings. The smallest absolute Gasteiger partial charge is 0.413 e. The minimum absolute atomic E-state index is 0.427. The molecule has 0 aliphatic heterocycles. The van der Waals surface area contributed by atoms with Crippen LogP contribution in [0.4, 0.5) is 9.93 Å². The highest BCUT2D eigenvalue weighted by Gasteiger charge is 2.11. The van der Waals surface area contributed by atoms with Crippen molar-refractivity contribution in [1.29, 1.82) is 0 Å². The minimum atomic E-state index is -0.466. The number of methoxy groups -OCH3 is 1. The van der Waals surface area contributed by atoms with E-state index in [-0.39, 0.29) is 0 Å². The van der Waals surface area contributed by atoms with Crippen LogP contribution < -0.4 is 10.1 Å². The van der Waals surface area contributed by atoms with Crippen molar-refractivity contribution < 1.29 is 14.3 Å². The first-order valence-corrected chi connectivity index (χ1v) is 6.93. The van der Waals surface area contributed by atoms with Gasteiger partial charge in [0.1, 0.15) is 11.3 Å². The van der Waals surface area contributed by atoms with Crippen molar-refractivity contribution in [3.8, 4) is 5.75 Å². The van der Waals surface area contributed by atoms with E-state index in [0.717, 1.165) is 23.1 Å². The largest absolute Gasteiger partial charge is 0.494 e. The van der Waals surface area contributed by atoms with Crippen molar-refractivity contribution in [2.24, 2.45) is 0 Å². The zero-order valence-electron chi connectivity index (χ0n) is 10.9. The molecule has 0 saturated heterocycles. The molecule has 1 amide bonds. The van der Waals surface area contributed by atoms with E-state index in [1.807, 2.05) is 25.1 Å². The maximum absolute atomic E-state index is 11.5. The summed E-state index contributed by atoms with van der Waals surface area (Å²) in [5.74, 6) is 0.696. The van der Waals surface area contributed by atoms with Gasteiger partial charge in [-0.15, -0.1) is 0 Å². The number of hydrogen-bond acceptors (Lipinski definition) is 5. The number of carbonyl (C=O) groups is 1. The normalized spacial score (nSPS) is 10.4. The molecule has 2 aromatic rings. The molecule has 0 radical (unpaired) electrons. The summed E-state index contributed by atoms with van der Waals surface area (Å²) in [6.07, 6.45) is 1.39. The molecule has 0 fully saturated rings. The molecule has 0 atom stereocenters. The second-order valence-electron chi connectivity index (χ2n) is 3.94. The topological polar surface area (TPSA) is 60.5 Å². The number of unbranched alkanes of at least 4 members (excludes halogenated alkanes) is 1. The van der Waals surface area contributed by atoms with Gasteiger partial charge in [0.2, 0.25) is 0 Å². The fraction of sp³-hybridized carbons (Fsp3) is 0.385. The predicted octanol–water partition coefficient (Wildman–Crippen LogP) is 3.65. The van der Waals surface area contributed by atoms with Gasteiger partial charge in [0, 0.05) is 0 Å². The highest BCUT2D eigenvalue weighted by atomic mass is 32.1. The minimum Gasteiger partial charge on any atom is -0.494 e. The molecule has 19 heavy (non-hydrogen) atoms. The molecule has 0 aliphatic carbocycles. The number of hydrogen-bond donors (Lipinski definition) is 1. The molecular formula is C13H16N2O3S. The number of para-hydroxylation sites is 1. The number of aromatic nitrogens is 1. The summed E-state index contributed by atoms with van der Waals surface area (Å²) < 4.78 is 11.2. The molecule has 1 aromatic carbocycles. The average Bonchev–Trinajstić information content (AvgIpc) is 2.80. The maximum Gasteiger partial charge on any atom is 0.413 e. The Kier molecular flexibility index (Phi) is 4.57. The summed E-state index contributed by atoms with van der Waals surface area (Å²) in [5, 5.41) is 3.15. The first-order chi connectivity index (χ1) is 9.24. The van der Waals surface area contributed by atoms with Crippen molar-refractivity contribution in [2.75, 3.05) is 19.0 Å². The zero-order chi connectivity index (χ0) is 13.7. The first-order valence-electron chi connectivity index (χ1n) is 6.12. The van der Waals surface area contributed by atoms with Crippen LogP contribution in [0.3, 0.4) is 0 Å². The van der Waals surface area contributed by atoms with E-state index in [1.165, 1.54) is 11.3 Å². The first kappa shape index (κ1) is 13.6. The lowest BCUT2D eigenvalue weighted by molar-refractivity contribution is 0.160. The van der Waals surface area contributed by atoms with E-state index < -0.39 is 6.09 Å². The SMILES string of the molecule is CCCCOC(=O)Nc1nc2c(OC)cccc2s1. The van der Waals surface area contributed by atoms with Crippen LogP contribution in [0.5, 0.6) is 5.75 Å². The van der Waals surface area contributed by atoms with Gasteiger partial charge in [-0.05, 0) is 18.6 Å². The maximum atomic E-state index is 11.5. The average molecular weight is 280 g/mol. The van der Waals surface area contributed by atoms with E-state index in [9.17, 15) is 4.79 Å². The third kappa shape index (κ3) is 3.35. The monoisotopic (exact) mass is 280 g/mol. The summed E-state index contributed by atoms with van der Waals surface area (Å²) in [6, 6.07) is 5.66. The number of fused-ring (bicyclic) bond motifs is 1. The number of benzene rings is 1. The van der Waals surface area contributed by atoms with Crippen molar-refractivity contribution >= 4 is 32.8 Å². The second kappa shape index (κ2) is 6.38. The summed E-state index contributed by atoms with van der Waals surface area (Å²) in [5.41, 5.74) is 0.749. The fourth-order valence-electron chi connectivity index (χ4n) is 1.57. The number of thiazole rings is 1. The number of anilines is 1. The number of nitrogens with one attached hydrogen (secondary N) is 1. The van der Waals surface area contributed by atoms with E-state index in [0.29, 0.717) is 17.5 Å². The summed E-state index contributed by atoms with van der Waals surface area (Å²) in [6.45, 7) is 2.47. The van der Waals surface area contributed by atoms with E-state index in [4.69, 9.17) is 9.47 Å². The van der Waals surface area contributed by atoms with Crippen LogP contribution in [0, 0.1) is 0 Å². The third-order valence-corrected chi connectivity index (χ3v) is 3.48. The second-order valence-corrected chi connectivity index (χ2v) is 4.97. The lowest BCUT2D eigenvalue weighted by atomic mass is 10.3. The van der Waals surface area contributed by atoms with Gasteiger partial charge in [-0.1, -0.05) is 30.7 Å². The van der Waals surface area contributed by atoms with Gasteiger partial charge in [0.25, 0.3) is 0 Å². The van der Waals surface area contributed by atoms with Crippen LogP contribution in [0.25, 0.3) is 10.2 Å². The van der Waals surface area contributed by atoms with Crippen LogP contribution in [0.15, 0.2) is 18.2 Å². The molecule has 1 heterocycles. The Morgan fingerprint density at radius 1 is 1.47 bits per heavy atom. The van der Waals surface area contributed by atoms with Gasteiger partial charge in [-0.25, -0.2) is 9.78 Å². The van der Waals surface area contributed by atoms with Crippen LogP contribution in [-0.4, -0.2) is 24.8 Å². The molecule has 0 saturated carbocycles. The van der Waals surface area contributed by atoms with Gasteiger partial charge < -0.3 is 9.47 Å². The van der Waals surface area contributed by atoms with Gasteiger partial charge in [0.05, 0.1) is 18.4 Å². The van der Waals surface area contributed by atoms with E-state index in [1.54, 1.807) is 7.11 Å².